The second-order valence-electron chi connectivity index (χ2n) is 8.08. The molecule has 2 aromatic carbocycles. The van der Waals surface area contributed by atoms with Crippen molar-refractivity contribution in [3.63, 3.8) is 0 Å². The van der Waals surface area contributed by atoms with E-state index in [2.05, 4.69) is 14.7 Å². The summed E-state index contributed by atoms with van der Waals surface area (Å²) < 4.78 is 49.8. The Morgan fingerprint density at radius 2 is 1.85 bits per heavy atom. The summed E-state index contributed by atoms with van der Waals surface area (Å²) in [5.74, 6) is 0.0773. The summed E-state index contributed by atoms with van der Waals surface area (Å²) in [6.07, 6.45) is 5.76. The molecule has 5 rings (SSSR count). The molecular formula is C24H21FN4O4S. The van der Waals surface area contributed by atoms with E-state index >= 15 is 4.39 Å². The number of anilines is 1. The van der Waals surface area contributed by atoms with Crippen LogP contribution in [0.25, 0.3) is 16.6 Å². The number of hydrogen-bond donors (Lipinski definition) is 1. The average molecular weight is 481 g/mol. The molecule has 8 nitrogen and oxygen atoms in total. The van der Waals surface area contributed by atoms with Crippen molar-refractivity contribution in [2.45, 2.75) is 30.1 Å². The summed E-state index contributed by atoms with van der Waals surface area (Å²) in [7, 11) is -2.50. The first-order chi connectivity index (χ1) is 16.4. The molecule has 34 heavy (non-hydrogen) atoms. The summed E-state index contributed by atoms with van der Waals surface area (Å²) in [6.45, 7) is 0. The van der Waals surface area contributed by atoms with Crippen molar-refractivity contribution in [3.05, 3.63) is 82.7 Å². The fourth-order valence-electron chi connectivity index (χ4n) is 4.10. The summed E-state index contributed by atoms with van der Waals surface area (Å²) in [5, 5.41) is 0.474. The minimum Gasteiger partial charge on any atom is -0.495 e. The number of benzene rings is 2. The number of rotatable bonds is 6. The van der Waals surface area contributed by atoms with Crippen molar-refractivity contribution in [1.82, 2.24) is 14.5 Å². The highest BCUT2D eigenvalue weighted by molar-refractivity contribution is 7.92. The van der Waals surface area contributed by atoms with E-state index in [0.29, 0.717) is 22.2 Å². The first-order valence-electron chi connectivity index (χ1n) is 10.7. The van der Waals surface area contributed by atoms with E-state index in [9.17, 15) is 13.2 Å². The van der Waals surface area contributed by atoms with Crippen LogP contribution in [0.3, 0.4) is 0 Å². The van der Waals surface area contributed by atoms with Gasteiger partial charge in [-0.05, 0) is 60.7 Å². The molecular weight excluding hydrogens is 459 g/mol. The molecule has 0 aliphatic heterocycles. The maximum Gasteiger partial charge on any atom is 0.264 e. The van der Waals surface area contributed by atoms with Crippen LogP contribution in [0.1, 0.15) is 30.7 Å². The Labute approximate surface area is 195 Å². The van der Waals surface area contributed by atoms with Crippen molar-refractivity contribution in [2.75, 3.05) is 11.8 Å². The predicted molar refractivity (Wildman–Crippen MR) is 125 cm³/mol. The van der Waals surface area contributed by atoms with Gasteiger partial charge in [0.15, 0.2) is 0 Å². The molecule has 0 amide bonds. The van der Waals surface area contributed by atoms with E-state index < -0.39 is 21.4 Å². The first kappa shape index (κ1) is 22.0. The molecule has 1 aliphatic carbocycles. The molecule has 0 unspecified atom stereocenters. The quantitative estimate of drug-likeness (QED) is 0.448. The van der Waals surface area contributed by atoms with Gasteiger partial charge in [0, 0.05) is 29.9 Å². The molecule has 0 atom stereocenters. The van der Waals surface area contributed by atoms with E-state index in [4.69, 9.17) is 4.74 Å². The molecule has 0 radical (unpaired) electrons. The zero-order valence-electron chi connectivity index (χ0n) is 18.2. The van der Waals surface area contributed by atoms with Crippen LogP contribution in [0.2, 0.25) is 0 Å². The summed E-state index contributed by atoms with van der Waals surface area (Å²) in [5.41, 5.74) is 0.859. The lowest BCUT2D eigenvalue weighted by molar-refractivity contribution is 0.390. The Bertz CT molecular complexity index is 1550. The van der Waals surface area contributed by atoms with Gasteiger partial charge in [0.1, 0.15) is 11.6 Å². The van der Waals surface area contributed by atoms with Gasteiger partial charge in [0.25, 0.3) is 15.6 Å². The van der Waals surface area contributed by atoms with Gasteiger partial charge in [0.2, 0.25) is 5.95 Å². The monoisotopic (exact) mass is 480 g/mol. The number of nitrogens with zero attached hydrogens (tertiary/aromatic N) is 3. The van der Waals surface area contributed by atoms with Crippen LogP contribution < -0.4 is 15.0 Å². The molecule has 10 heteroatoms. The number of ether oxygens (including phenoxy) is 1. The van der Waals surface area contributed by atoms with Crippen molar-refractivity contribution in [3.8, 4) is 11.4 Å². The Balaban J connectivity index is 1.61. The van der Waals surface area contributed by atoms with E-state index in [1.54, 1.807) is 12.1 Å². The van der Waals surface area contributed by atoms with Crippen LogP contribution in [0.4, 0.5) is 10.3 Å². The minimum atomic E-state index is -3.97. The van der Waals surface area contributed by atoms with Gasteiger partial charge in [-0.25, -0.2) is 27.5 Å². The van der Waals surface area contributed by atoms with E-state index in [1.165, 1.54) is 60.5 Å². The number of nitrogens with one attached hydrogen (secondary N) is 1. The van der Waals surface area contributed by atoms with Gasteiger partial charge in [-0.1, -0.05) is 6.42 Å². The Kier molecular flexibility index (Phi) is 5.52. The zero-order valence-corrected chi connectivity index (χ0v) is 19.0. The summed E-state index contributed by atoms with van der Waals surface area (Å²) in [6, 6.07) is 11.7. The summed E-state index contributed by atoms with van der Waals surface area (Å²) in [4.78, 5) is 20.6. The molecule has 0 spiro atoms. The van der Waals surface area contributed by atoms with Gasteiger partial charge < -0.3 is 4.74 Å². The van der Waals surface area contributed by atoms with Gasteiger partial charge >= 0.3 is 0 Å². The van der Waals surface area contributed by atoms with Crippen molar-refractivity contribution in [1.29, 1.82) is 0 Å². The van der Waals surface area contributed by atoms with Crippen molar-refractivity contribution >= 4 is 26.9 Å². The number of hydrogen-bond acceptors (Lipinski definition) is 6. The van der Waals surface area contributed by atoms with Gasteiger partial charge in [-0.3, -0.25) is 9.36 Å². The molecule has 0 bridgehead atoms. The second kappa shape index (κ2) is 8.53. The van der Waals surface area contributed by atoms with Crippen molar-refractivity contribution < 1.29 is 17.5 Å². The maximum atomic E-state index is 15.0. The standard InChI is InChI=1S/C24H21FN4O4S/c1-33-22-13-18(15-4-2-5-15)19(25)14-21(22)29-20-8-7-17(12-16(20)6-9-23(29)30)34(31,32)28-24-26-10-3-11-27-24/h3,6-15H,2,4-5H2,1H3,(H,26,27,28). The fourth-order valence-corrected chi connectivity index (χ4v) is 5.09. The number of halogens is 1. The maximum absolute atomic E-state index is 15.0. The lowest BCUT2D eigenvalue weighted by Gasteiger charge is -2.27. The molecule has 174 valence electrons. The normalized spacial score (nSPS) is 14.1. The predicted octanol–water partition coefficient (Wildman–Crippen LogP) is 4.00. The number of methoxy groups -OCH3 is 1. The van der Waals surface area contributed by atoms with Crippen molar-refractivity contribution in [2.24, 2.45) is 0 Å². The van der Waals surface area contributed by atoms with Gasteiger partial charge in [-0.15, -0.1) is 0 Å². The molecule has 2 heterocycles. The molecule has 2 aromatic heterocycles. The Morgan fingerprint density at radius 1 is 1.09 bits per heavy atom. The third-order valence-corrected chi connectivity index (χ3v) is 7.38. The van der Waals surface area contributed by atoms with Crippen LogP contribution in [0, 0.1) is 5.82 Å². The highest BCUT2D eigenvalue weighted by Gasteiger charge is 2.25. The van der Waals surface area contributed by atoms with Crippen LogP contribution >= 0.6 is 0 Å². The molecule has 1 N–H and O–H groups in total. The largest absolute Gasteiger partial charge is 0.495 e. The minimum absolute atomic E-state index is 0.0314. The van der Waals surface area contributed by atoms with Crippen LogP contribution in [-0.2, 0) is 10.0 Å². The number of fused-ring (bicyclic) bond motifs is 1. The summed E-state index contributed by atoms with van der Waals surface area (Å²) >= 11 is 0. The van der Waals surface area contributed by atoms with E-state index in [1.807, 2.05) is 0 Å². The SMILES string of the molecule is COc1cc(C2CCC2)c(F)cc1-n1c(=O)ccc2cc(S(=O)(=O)Nc3ncccn3)ccc21. The van der Waals surface area contributed by atoms with E-state index in [0.717, 1.165) is 19.3 Å². The third-order valence-electron chi connectivity index (χ3n) is 6.05. The molecule has 1 fully saturated rings. The topological polar surface area (TPSA) is 103 Å². The van der Waals surface area contributed by atoms with Crippen LogP contribution in [-0.4, -0.2) is 30.1 Å². The molecule has 1 saturated carbocycles. The Morgan fingerprint density at radius 3 is 2.53 bits per heavy atom. The Hall–Kier alpha value is -3.79. The smallest absolute Gasteiger partial charge is 0.264 e. The average Bonchev–Trinajstić information content (AvgIpc) is 2.79. The van der Waals surface area contributed by atoms with Gasteiger partial charge in [-0.2, -0.15) is 0 Å². The fraction of sp³-hybridized carbons (Fsp3) is 0.208. The molecule has 0 saturated heterocycles. The van der Waals surface area contributed by atoms with Gasteiger partial charge in [0.05, 0.1) is 23.2 Å². The number of aromatic nitrogens is 3. The molecule has 1 aliphatic rings. The number of sulfonamides is 1. The zero-order chi connectivity index (χ0) is 23.9. The third kappa shape index (κ3) is 3.90. The van der Waals surface area contributed by atoms with Crippen LogP contribution in [0.5, 0.6) is 5.75 Å². The number of pyridine rings is 1. The lowest BCUT2D eigenvalue weighted by atomic mass is 9.79. The molecule has 4 aromatic rings. The highest BCUT2D eigenvalue weighted by atomic mass is 32.2. The highest BCUT2D eigenvalue weighted by Crippen LogP contribution is 2.40. The first-order valence-corrected chi connectivity index (χ1v) is 12.2. The van der Waals surface area contributed by atoms with E-state index in [-0.39, 0.29) is 22.4 Å². The second-order valence-corrected chi connectivity index (χ2v) is 9.76. The van der Waals surface area contributed by atoms with Crippen LogP contribution in [0.15, 0.2) is 70.6 Å². The lowest BCUT2D eigenvalue weighted by Crippen LogP contribution is -2.20.